The van der Waals surface area contributed by atoms with Gasteiger partial charge in [-0.2, -0.15) is 0 Å². The molecule has 2 nitrogen and oxygen atoms in total. The number of ether oxygens (including phenoxy) is 1. The maximum Gasteiger partial charge on any atom is 0.144 e. The van der Waals surface area contributed by atoms with Gasteiger partial charge in [0.2, 0.25) is 0 Å². The van der Waals surface area contributed by atoms with Crippen molar-refractivity contribution in [3.8, 4) is 50.4 Å². The summed E-state index contributed by atoms with van der Waals surface area (Å²) in [6.07, 6.45) is -0.251. The smallest absolute Gasteiger partial charge is 0.144 e. The minimum Gasteiger partial charge on any atom is -0.481 e. The van der Waals surface area contributed by atoms with Gasteiger partial charge in [-0.05, 0) is 106 Å². The zero-order valence-corrected chi connectivity index (χ0v) is 29.2. The molecule has 0 aliphatic carbocycles. The zero-order valence-electron chi connectivity index (χ0n) is 29.2. The van der Waals surface area contributed by atoms with Crippen molar-refractivity contribution in [1.82, 2.24) is 4.98 Å². The van der Waals surface area contributed by atoms with Gasteiger partial charge in [-0.25, -0.2) is 4.98 Å². The predicted octanol–water partition coefficient (Wildman–Crippen LogP) is 13.4. The molecule has 8 aromatic rings. The highest BCUT2D eigenvalue weighted by molar-refractivity contribution is 6.05. The molecule has 0 spiro atoms. The molecular formula is C49H39NO. The number of benzene rings is 7. The van der Waals surface area contributed by atoms with E-state index in [0.29, 0.717) is 0 Å². The summed E-state index contributed by atoms with van der Waals surface area (Å²) in [5.41, 5.74) is 14.3. The fraction of sp³-hybridized carbons (Fsp3) is 0.0816. The third-order valence-electron chi connectivity index (χ3n) is 9.75. The number of nitrogens with zero attached hydrogens (tertiary/aromatic N) is 1. The standard InChI is InChI=1S/C49H39NO/c1-32(2)49(37-24-21-33(3)22-25-37)51-47-30-40(26-23-34(47)4)48-41-18-9-8-15-36(41)27-28-42(48)38-16-12-17-39(29-38)46-31-44(35-13-6-5-7-14-35)43-19-10-11-20-45(43)50-46/h5-31,49H,1H2,2-4H3. The molecule has 0 aliphatic heterocycles. The molecule has 0 saturated carbocycles. The molecule has 0 amide bonds. The molecule has 0 N–H and O–H groups in total. The topological polar surface area (TPSA) is 22.1 Å². The van der Waals surface area contributed by atoms with Crippen LogP contribution in [0.4, 0.5) is 0 Å². The molecular weight excluding hydrogens is 619 g/mol. The second kappa shape index (κ2) is 13.6. The van der Waals surface area contributed by atoms with Crippen LogP contribution in [0.5, 0.6) is 5.75 Å². The van der Waals surface area contributed by atoms with E-state index in [1.807, 2.05) is 6.92 Å². The number of aromatic nitrogens is 1. The lowest BCUT2D eigenvalue weighted by atomic mass is 9.88. The summed E-state index contributed by atoms with van der Waals surface area (Å²) in [5.74, 6) is 0.850. The molecule has 1 aromatic heterocycles. The van der Waals surface area contributed by atoms with Gasteiger partial charge in [0.15, 0.2) is 0 Å². The summed E-state index contributed by atoms with van der Waals surface area (Å²) in [5, 5.41) is 3.54. The Bertz CT molecular complexity index is 2550. The molecule has 2 heteroatoms. The van der Waals surface area contributed by atoms with Gasteiger partial charge in [-0.1, -0.05) is 152 Å². The van der Waals surface area contributed by atoms with Gasteiger partial charge in [-0.3, -0.25) is 0 Å². The maximum absolute atomic E-state index is 6.80. The van der Waals surface area contributed by atoms with E-state index in [0.717, 1.165) is 61.3 Å². The minimum atomic E-state index is -0.251. The van der Waals surface area contributed by atoms with E-state index < -0.39 is 0 Å². The van der Waals surface area contributed by atoms with Crippen molar-refractivity contribution < 1.29 is 4.74 Å². The molecule has 7 aromatic carbocycles. The molecule has 246 valence electrons. The maximum atomic E-state index is 6.80. The number of hydrogen-bond acceptors (Lipinski definition) is 2. The first-order valence-corrected chi connectivity index (χ1v) is 17.5. The summed E-state index contributed by atoms with van der Waals surface area (Å²) in [6.45, 7) is 10.5. The number of para-hydroxylation sites is 1. The molecule has 1 heterocycles. The van der Waals surface area contributed by atoms with Gasteiger partial charge < -0.3 is 4.74 Å². The third kappa shape index (κ3) is 6.33. The first-order chi connectivity index (χ1) is 24.9. The van der Waals surface area contributed by atoms with Crippen LogP contribution >= 0.6 is 0 Å². The summed E-state index contributed by atoms with van der Waals surface area (Å²) >= 11 is 0. The van der Waals surface area contributed by atoms with E-state index in [2.05, 4.69) is 184 Å². The van der Waals surface area contributed by atoms with Gasteiger partial charge in [0, 0.05) is 10.9 Å². The first-order valence-electron chi connectivity index (χ1n) is 17.5. The van der Waals surface area contributed by atoms with Crippen LogP contribution in [0, 0.1) is 13.8 Å². The Balaban J connectivity index is 1.26. The van der Waals surface area contributed by atoms with Crippen molar-refractivity contribution in [2.45, 2.75) is 26.9 Å². The Morgan fingerprint density at radius 2 is 1.27 bits per heavy atom. The van der Waals surface area contributed by atoms with Gasteiger partial charge in [-0.15, -0.1) is 0 Å². The molecule has 0 radical (unpaired) electrons. The van der Waals surface area contributed by atoms with Crippen molar-refractivity contribution in [3.05, 3.63) is 193 Å². The third-order valence-corrected chi connectivity index (χ3v) is 9.75. The first kappa shape index (κ1) is 32.0. The second-order valence-electron chi connectivity index (χ2n) is 13.5. The van der Waals surface area contributed by atoms with Crippen molar-refractivity contribution in [2.75, 3.05) is 0 Å². The quantitative estimate of drug-likeness (QED) is 0.152. The molecule has 0 fully saturated rings. The highest BCUT2D eigenvalue weighted by Crippen LogP contribution is 2.42. The Kier molecular flexibility index (Phi) is 8.51. The minimum absolute atomic E-state index is 0.251. The van der Waals surface area contributed by atoms with E-state index in [1.54, 1.807) is 0 Å². The predicted molar refractivity (Wildman–Crippen MR) is 215 cm³/mol. The Labute approximate surface area is 300 Å². The van der Waals surface area contributed by atoms with Crippen molar-refractivity contribution in [1.29, 1.82) is 0 Å². The molecule has 0 bridgehead atoms. The van der Waals surface area contributed by atoms with E-state index in [9.17, 15) is 0 Å². The Hall–Kier alpha value is -6.25. The number of aryl methyl sites for hydroxylation is 2. The van der Waals surface area contributed by atoms with Gasteiger partial charge >= 0.3 is 0 Å². The van der Waals surface area contributed by atoms with Crippen LogP contribution < -0.4 is 4.74 Å². The normalized spacial score (nSPS) is 11.8. The largest absolute Gasteiger partial charge is 0.481 e. The summed E-state index contributed by atoms with van der Waals surface area (Å²) < 4.78 is 6.80. The fourth-order valence-corrected chi connectivity index (χ4v) is 7.05. The van der Waals surface area contributed by atoms with E-state index in [-0.39, 0.29) is 6.10 Å². The lowest BCUT2D eigenvalue weighted by Gasteiger charge is -2.22. The average molecular weight is 658 g/mol. The second-order valence-corrected chi connectivity index (χ2v) is 13.5. The number of pyridine rings is 1. The van der Waals surface area contributed by atoms with Gasteiger partial charge in [0.05, 0.1) is 11.2 Å². The van der Waals surface area contributed by atoms with Crippen LogP contribution in [0.2, 0.25) is 0 Å². The zero-order chi connectivity index (χ0) is 34.9. The van der Waals surface area contributed by atoms with Crippen molar-refractivity contribution in [3.63, 3.8) is 0 Å². The van der Waals surface area contributed by atoms with Crippen LogP contribution in [0.3, 0.4) is 0 Å². The highest BCUT2D eigenvalue weighted by Gasteiger charge is 2.19. The Morgan fingerprint density at radius 3 is 2.08 bits per heavy atom. The van der Waals surface area contributed by atoms with E-state index in [1.165, 1.54) is 33.0 Å². The number of rotatable bonds is 8. The lowest BCUT2D eigenvalue weighted by molar-refractivity contribution is 0.242. The van der Waals surface area contributed by atoms with Crippen LogP contribution in [0.1, 0.15) is 29.7 Å². The number of fused-ring (bicyclic) bond motifs is 2. The molecule has 0 aliphatic rings. The fourth-order valence-electron chi connectivity index (χ4n) is 7.05. The van der Waals surface area contributed by atoms with Gasteiger partial charge in [0.1, 0.15) is 11.9 Å². The van der Waals surface area contributed by atoms with Crippen LogP contribution in [0.15, 0.2) is 176 Å². The summed E-state index contributed by atoms with van der Waals surface area (Å²) in [7, 11) is 0. The SMILES string of the molecule is C=C(C)C(Oc1cc(-c2c(-c3cccc(-c4cc(-c5ccccc5)c5ccccc5n4)c3)ccc3ccccc23)ccc1C)c1ccc(C)cc1. The molecule has 1 atom stereocenters. The van der Waals surface area contributed by atoms with Gasteiger partial charge in [0.25, 0.3) is 0 Å². The molecule has 8 rings (SSSR count). The van der Waals surface area contributed by atoms with Crippen molar-refractivity contribution in [2.24, 2.45) is 0 Å². The monoisotopic (exact) mass is 657 g/mol. The summed E-state index contributed by atoms with van der Waals surface area (Å²) in [6, 6.07) is 58.2. The van der Waals surface area contributed by atoms with E-state index in [4.69, 9.17) is 9.72 Å². The van der Waals surface area contributed by atoms with Crippen LogP contribution in [-0.2, 0) is 0 Å². The molecule has 1 unspecified atom stereocenters. The van der Waals surface area contributed by atoms with Crippen molar-refractivity contribution >= 4 is 21.7 Å². The van der Waals surface area contributed by atoms with E-state index >= 15 is 0 Å². The number of hydrogen-bond donors (Lipinski definition) is 0. The highest BCUT2D eigenvalue weighted by atomic mass is 16.5. The summed E-state index contributed by atoms with van der Waals surface area (Å²) in [4.78, 5) is 5.17. The van der Waals surface area contributed by atoms with Crippen LogP contribution in [0.25, 0.3) is 66.3 Å². The van der Waals surface area contributed by atoms with Crippen LogP contribution in [-0.4, -0.2) is 4.98 Å². The lowest BCUT2D eigenvalue weighted by Crippen LogP contribution is -2.09. The molecule has 51 heavy (non-hydrogen) atoms. The molecule has 0 saturated heterocycles. The Morgan fingerprint density at radius 1 is 0.569 bits per heavy atom. The average Bonchev–Trinajstić information content (AvgIpc) is 3.17.